The first-order valence-corrected chi connectivity index (χ1v) is 4.57. The maximum Gasteiger partial charge on any atom is 0.125 e. The first kappa shape index (κ1) is 8.88. The Labute approximate surface area is 83.0 Å². The van der Waals surface area contributed by atoms with Crippen molar-refractivity contribution in [1.29, 1.82) is 0 Å². The second-order valence-corrected chi connectivity index (χ2v) is 3.74. The van der Waals surface area contributed by atoms with Crippen molar-refractivity contribution in [3.63, 3.8) is 0 Å². The molecule has 2 rings (SSSR count). The highest BCUT2D eigenvalue weighted by molar-refractivity contribution is 5.98. The topological polar surface area (TPSA) is 46.2 Å². The van der Waals surface area contributed by atoms with Gasteiger partial charge in [-0.3, -0.25) is 0 Å². The Kier molecular flexibility index (Phi) is 1.84. The third-order valence-corrected chi connectivity index (χ3v) is 2.35. The average molecular weight is 187 g/mol. The molecule has 14 heavy (non-hydrogen) atoms. The summed E-state index contributed by atoms with van der Waals surface area (Å²) < 4.78 is 0. The van der Waals surface area contributed by atoms with Crippen molar-refractivity contribution in [3.8, 4) is 5.75 Å². The summed E-state index contributed by atoms with van der Waals surface area (Å²) in [6.45, 7) is 3.95. The number of aryl methyl sites for hydroxylation is 2. The number of fused-ring (bicyclic) bond motifs is 1. The molecule has 2 aromatic carbocycles. The number of aromatic hydroxyl groups is 1. The molecule has 3 N–H and O–H groups in total. The summed E-state index contributed by atoms with van der Waals surface area (Å²) in [5.74, 6) is 0.262. The number of nitrogen functional groups attached to an aromatic ring is 1. The van der Waals surface area contributed by atoms with E-state index in [-0.39, 0.29) is 5.75 Å². The average Bonchev–Trinajstić information content (AvgIpc) is 1.99. The Hall–Kier alpha value is -1.70. The molecular formula is C12H13NO. The molecule has 2 nitrogen and oxygen atoms in total. The quantitative estimate of drug-likeness (QED) is 0.623. The Morgan fingerprint density at radius 1 is 1.00 bits per heavy atom. The van der Waals surface area contributed by atoms with Crippen LogP contribution in [0.2, 0.25) is 0 Å². The lowest BCUT2D eigenvalue weighted by Crippen LogP contribution is -1.89. The van der Waals surface area contributed by atoms with Crippen LogP contribution in [0.4, 0.5) is 5.69 Å². The molecule has 0 spiro atoms. The standard InChI is InChI=1S/C12H13NO/c1-7-3-9-4-8(2)6-11(14)12(9)10(13)5-7/h3-6,14H,13H2,1-2H3. The minimum atomic E-state index is 0.262. The third kappa shape index (κ3) is 1.29. The molecular weight excluding hydrogens is 174 g/mol. The van der Waals surface area contributed by atoms with E-state index in [1.165, 1.54) is 0 Å². The number of phenols is 1. The zero-order chi connectivity index (χ0) is 10.3. The van der Waals surface area contributed by atoms with Crippen molar-refractivity contribution in [3.05, 3.63) is 35.4 Å². The second-order valence-electron chi connectivity index (χ2n) is 3.74. The van der Waals surface area contributed by atoms with Gasteiger partial charge in [0.05, 0.1) is 0 Å². The first-order chi connectivity index (χ1) is 6.58. The van der Waals surface area contributed by atoms with E-state index < -0.39 is 0 Å². The fraction of sp³-hybridized carbons (Fsp3) is 0.167. The molecule has 72 valence electrons. The Balaban J connectivity index is 2.94. The zero-order valence-corrected chi connectivity index (χ0v) is 8.33. The van der Waals surface area contributed by atoms with Crippen LogP contribution < -0.4 is 5.73 Å². The Morgan fingerprint density at radius 3 is 2.21 bits per heavy atom. The molecule has 0 radical (unpaired) electrons. The molecule has 0 bridgehead atoms. The number of nitrogens with two attached hydrogens (primary N) is 1. The number of rotatable bonds is 0. The van der Waals surface area contributed by atoms with E-state index >= 15 is 0 Å². The number of hydrogen-bond acceptors (Lipinski definition) is 2. The monoisotopic (exact) mass is 187 g/mol. The molecule has 0 amide bonds. The predicted molar refractivity (Wildman–Crippen MR) is 59.5 cm³/mol. The smallest absolute Gasteiger partial charge is 0.125 e. The Bertz CT molecular complexity index is 460. The van der Waals surface area contributed by atoms with Crippen LogP contribution in [0.3, 0.4) is 0 Å². The largest absolute Gasteiger partial charge is 0.507 e. The fourth-order valence-corrected chi connectivity index (χ4v) is 1.83. The Morgan fingerprint density at radius 2 is 1.57 bits per heavy atom. The maximum atomic E-state index is 9.74. The van der Waals surface area contributed by atoms with Gasteiger partial charge in [0.1, 0.15) is 5.75 Å². The van der Waals surface area contributed by atoms with Crippen LogP contribution in [-0.2, 0) is 0 Å². The molecule has 0 fully saturated rings. The number of anilines is 1. The molecule has 2 heteroatoms. The fourth-order valence-electron chi connectivity index (χ4n) is 1.83. The maximum absolute atomic E-state index is 9.74. The number of benzene rings is 2. The highest BCUT2D eigenvalue weighted by Crippen LogP contribution is 2.32. The van der Waals surface area contributed by atoms with Crippen molar-refractivity contribution >= 4 is 16.5 Å². The normalized spacial score (nSPS) is 10.7. The van der Waals surface area contributed by atoms with Crippen LogP contribution in [0.1, 0.15) is 11.1 Å². The van der Waals surface area contributed by atoms with Gasteiger partial charge in [-0.2, -0.15) is 0 Å². The lowest BCUT2D eigenvalue weighted by molar-refractivity contribution is 0.481. The predicted octanol–water partition coefficient (Wildman–Crippen LogP) is 2.74. The van der Waals surface area contributed by atoms with Crippen LogP contribution in [0.25, 0.3) is 10.8 Å². The lowest BCUT2D eigenvalue weighted by atomic mass is 10.0. The van der Waals surface area contributed by atoms with E-state index in [1.807, 2.05) is 32.0 Å². The van der Waals surface area contributed by atoms with Gasteiger partial charge < -0.3 is 10.8 Å². The van der Waals surface area contributed by atoms with Crippen LogP contribution in [0.15, 0.2) is 24.3 Å². The minimum Gasteiger partial charge on any atom is -0.507 e. The van der Waals surface area contributed by atoms with Crippen molar-refractivity contribution in [2.45, 2.75) is 13.8 Å². The summed E-state index contributed by atoms with van der Waals surface area (Å²) in [6.07, 6.45) is 0. The zero-order valence-electron chi connectivity index (χ0n) is 8.33. The van der Waals surface area contributed by atoms with Gasteiger partial charge in [0, 0.05) is 11.1 Å². The van der Waals surface area contributed by atoms with Gasteiger partial charge in [-0.15, -0.1) is 0 Å². The van der Waals surface area contributed by atoms with E-state index in [9.17, 15) is 5.11 Å². The molecule has 2 aromatic rings. The van der Waals surface area contributed by atoms with Crippen LogP contribution in [0, 0.1) is 13.8 Å². The summed E-state index contributed by atoms with van der Waals surface area (Å²) in [5.41, 5.74) is 8.64. The highest BCUT2D eigenvalue weighted by atomic mass is 16.3. The number of hydrogen-bond donors (Lipinski definition) is 2. The third-order valence-electron chi connectivity index (χ3n) is 2.35. The van der Waals surface area contributed by atoms with E-state index in [1.54, 1.807) is 6.07 Å². The summed E-state index contributed by atoms with van der Waals surface area (Å²) in [5, 5.41) is 11.5. The van der Waals surface area contributed by atoms with E-state index in [0.29, 0.717) is 5.69 Å². The minimum absolute atomic E-state index is 0.262. The van der Waals surface area contributed by atoms with Gasteiger partial charge in [-0.05, 0) is 42.5 Å². The molecule has 0 aliphatic rings. The first-order valence-electron chi connectivity index (χ1n) is 4.57. The van der Waals surface area contributed by atoms with Gasteiger partial charge in [0.2, 0.25) is 0 Å². The highest BCUT2D eigenvalue weighted by Gasteiger charge is 2.05. The molecule has 0 aliphatic heterocycles. The van der Waals surface area contributed by atoms with Gasteiger partial charge in [0.15, 0.2) is 0 Å². The lowest BCUT2D eigenvalue weighted by Gasteiger charge is -2.07. The molecule has 0 saturated heterocycles. The van der Waals surface area contributed by atoms with Crippen LogP contribution in [-0.4, -0.2) is 5.11 Å². The van der Waals surface area contributed by atoms with Gasteiger partial charge in [0.25, 0.3) is 0 Å². The molecule has 0 atom stereocenters. The van der Waals surface area contributed by atoms with E-state index in [2.05, 4.69) is 0 Å². The van der Waals surface area contributed by atoms with Gasteiger partial charge >= 0.3 is 0 Å². The molecule has 0 aliphatic carbocycles. The summed E-state index contributed by atoms with van der Waals surface area (Å²) in [6, 6.07) is 7.65. The molecule has 0 unspecified atom stereocenters. The summed E-state index contributed by atoms with van der Waals surface area (Å²) in [4.78, 5) is 0. The van der Waals surface area contributed by atoms with Gasteiger partial charge in [-0.25, -0.2) is 0 Å². The van der Waals surface area contributed by atoms with Crippen molar-refractivity contribution < 1.29 is 5.11 Å². The SMILES string of the molecule is Cc1cc(N)c2c(O)cc(C)cc2c1. The molecule has 0 saturated carbocycles. The number of phenolic OH excluding ortho intramolecular Hbond substituents is 1. The van der Waals surface area contributed by atoms with Crippen LogP contribution in [0.5, 0.6) is 5.75 Å². The van der Waals surface area contributed by atoms with Gasteiger partial charge in [-0.1, -0.05) is 12.1 Å². The molecule has 0 aromatic heterocycles. The van der Waals surface area contributed by atoms with E-state index in [0.717, 1.165) is 21.9 Å². The van der Waals surface area contributed by atoms with Crippen molar-refractivity contribution in [2.24, 2.45) is 0 Å². The second kappa shape index (κ2) is 2.91. The van der Waals surface area contributed by atoms with Crippen molar-refractivity contribution in [1.82, 2.24) is 0 Å². The van der Waals surface area contributed by atoms with E-state index in [4.69, 9.17) is 5.73 Å². The van der Waals surface area contributed by atoms with Crippen molar-refractivity contribution in [2.75, 3.05) is 5.73 Å². The molecule has 0 heterocycles. The summed E-state index contributed by atoms with van der Waals surface area (Å²) in [7, 11) is 0. The summed E-state index contributed by atoms with van der Waals surface area (Å²) >= 11 is 0. The van der Waals surface area contributed by atoms with Crippen LogP contribution >= 0.6 is 0 Å².